The van der Waals surface area contributed by atoms with Crippen LogP contribution in [0.1, 0.15) is 54.1 Å². The molecule has 0 saturated carbocycles. The summed E-state index contributed by atoms with van der Waals surface area (Å²) >= 11 is 1.25. The van der Waals surface area contributed by atoms with Gasteiger partial charge in [0.1, 0.15) is 0 Å². The molecule has 4 aromatic rings. The summed E-state index contributed by atoms with van der Waals surface area (Å²) in [6, 6.07) is 15.1. The van der Waals surface area contributed by atoms with E-state index in [0.29, 0.717) is 30.5 Å². The van der Waals surface area contributed by atoms with Crippen molar-refractivity contribution in [1.82, 2.24) is 19.4 Å². The Morgan fingerprint density at radius 2 is 1.54 bits per heavy atom. The summed E-state index contributed by atoms with van der Waals surface area (Å²) in [7, 11) is 0. The highest BCUT2D eigenvalue weighted by Gasteiger charge is 2.34. The van der Waals surface area contributed by atoms with Crippen LogP contribution in [0.4, 0.5) is 26.3 Å². The molecule has 5 rings (SSSR count). The summed E-state index contributed by atoms with van der Waals surface area (Å²) in [6.45, 7) is 2.48. The Hall–Kier alpha value is -4.33. The Morgan fingerprint density at radius 3 is 2.25 bits per heavy atom. The Balaban J connectivity index is 1.14. The van der Waals surface area contributed by atoms with Gasteiger partial charge in [-0.25, -0.2) is 4.98 Å². The first kappa shape index (κ1) is 35.0. The third-order valence-electron chi connectivity index (χ3n) is 8.12. The smallest absolute Gasteiger partial charge is 0.339 e. The van der Waals surface area contributed by atoms with Crippen molar-refractivity contribution in [3.05, 3.63) is 99.8 Å². The van der Waals surface area contributed by atoms with Crippen LogP contribution in [0, 0.1) is 0 Å². The molecule has 2 heterocycles. The minimum absolute atomic E-state index is 0.0555. The summed E-state index contributed by atoms with van der Waals surface area (Å²) in [5.74, 6) is -0.0986. The molecule has 48 heavy (non-hydrogen) atoms. The van der Waals surface area contributed by atoms with E-state index in [2.05, 4.69) is 4.98 Å². The summed E-state index contributed by atoms with van der Waals surface area (Å²) in [5, 5.41) is 0.550. The van der Waals surface area contributed by atoms with Crippen molar-refractivity contribution >= 4 is 34.5 Å². The second kappa shape index (κ2) is 14.4. The third kappa shape index (κ3) is 8.03. The molecule has 1 aliphatic heterocycles. The molecule has 14 heteroatoms. The molecular weight excluding hydrogens is 658 g/mol. The van der Waals surface area contributed by atoms with Crippen LogP contribution in [0.3, 0.4) is 0 Å². The number of nitrogens with zero attached hydrogens (tertiary/aromatic N) is 4. The number of carbonyl (C=O) groups is 2. The van der Waals surface area contributed by atoms with Crippen LogP contribution in [0.5, 0.6) is 0 Å². The van der Waals surface area contributed by atoms with Crippen molar-refractivity contribution < 1.29 is 35.9 Å². The first-order chi connectivity index (χ1) is 22.7. The normalized spacial score (nSPS) is 15.6. The Morgan fingerprint density at radius 1 is 0.854 bits per heavy atom. The number of thioether (sulfide) groups is 1. The number of fused-ring (bicyclic) bond motifs is 1. The van der Waals surface area contributed by atoms with Crippen molar-refractivity contribution in [2.45, 2.75) is 56.2 Å². The largest absolute Gasteiger partial charge is 0.416 e. The molecule has 1 aromatic heterocycles. The number of carbonyl (C=O) groups excluding carboxylic acids is 2. The first-order valence-electron chi connectivity index (χ1n) is 15.3. The molecule has 7 nitrogen and oxygen atoms in total. The lowest BCUT2D eigenvalue weighted by Crippen LogP contribution is -2.55. The topological polar surface area (TPSA) is 75.5 Å². The molecule has 3 aromatic carbocycles. The number of unbranched alkanes of at least 4 members (excludes halogenated alkanes) is 2. The minimum Gasteiger partial charge on any atom is -0.339 e. The van der Waals surface area contributed by atoms with Gasteiger partial charge >= 0.3 is 12.4 Å². The molecule has 0 bridgehead atoms. The number of benzene rings is 3. The van der Waals surface area contributed by atoms with E-state index in [4.69, 9.17) is 0 Å². The molecule has 1 aliphatic rings. The van der Waals surface area contributed by atoms with Crippen LogP contribution in [-0.2, 0) is 17.1 Å². The van der Waals surface area contributed by atoms with Gasteiger partial charge in [-0.3, -0.25) is 19.0 Å². The summed E-state index contributed by atoms with van der Waals surface area (Å²) in [6.07, 6.45) is -6.98. The number of halogens is 6. The van der Waals surface area contributed by atoms with Gasteiger partial charge in [0, 0.05) is 43.4 Å². The molecule has 1 saturated heterocycles. The number of amides is 2. The van der Waals surface area contributed by atoms with Crippen LogP contribution in [-0.4, -0.2) is 62.6 Å². The van der Waals surface area contributed by atoms with E-state index >= 15 is 0 Å². The van der Waals surface area contributed by atoms with Crippen molar-refractivity contribution in [3.63, 3.8) is 0 Å². The lowest BCUT2D eigenvalue weighted by atomic mass is 10.1. The molecule has 1 unspecified atom stereocenters. The number of rotatable bonds is 9. The zero-order chi connectivity index (χ0) is 34.6. The number of hydrogen-bond acceptors (Lipinski definition) is 5. The number of para-hydroxylation sites is 1. The summed E-state index contributed by atoms with van der Waals surface area (Å²) in [5.41, 5.74) is -1.80. The first-order valence-corrected chi connectivity index (χ1v) is 16.3. The third-order valence-corrected chi connectivity index (χ3v) is 9.15. The lowest BCUT2D eigenvalue weighted by Gasteiger charge is -2.40. The number of piperazine rings is 1. The average molecular weight is 691 g/mol. The highest BCUT2D eigenvalue weighted by Crippen LogP contribution is 2.32. The second-order valence-electron chi connectivity index (χ2n) is 11.5. The quantitative estimate of drug-likeness (QED) is 0.0790. The molecule has 1 fully saturated rings. The molecule has 0 N–H and O–H groups in total. The van der Waals surface area contributed by atoms with E-state index in [0.717, 1.165) is 24.3 Å². The maximum absolute atomic E-state index is 13.4. The van der Waals surface area contributed by atoms with Gasteiger partial charge in [0.25, 0.3) is 11.5 Å². The van der Waals surface area contributed by atoms with E-state index in [1.54, 1.807) is 36.1 Å². The van der Waals surface area contributed by atoms with Crippen molar-refractivity contribution in [2.75, 3.05) is 25.4 Å². The van der Waals surface area contributed by atoms with Crippen LogP contribution < -0.4 is 5.56 Å². The average Bonchev–Trinajstić information content (AvgIpc) is 3.05. The molecule has 254 valence electrons. The number of alkyl halides is 6. The predicted molar refractivity (Wildman–Crippen MR) is 170 cm³/mol. The fraction of sp³-hybridized carbons (Fsp3) is 0.353. The van der Waals surface area contributed by atoms with Gasteiger partial charge in [-0.2, -0.15) is 26.3 Å². The predicted octanol–water partition coefficient (Wildman–Crippen LogP) is 7.45. The van der Waals surface area contributed by atoms with Gasteiger partial charge in [-0.15, -0.1) is 0 Å². The Bertz CT molecular complexity index is 1860. The van der Waals surface area contributed by atoms with Crippen molar-refractivity contribution in [1.29, 1.82) is 0 Å². The summed E-state index contributed by atoms with van der Waals surface area (Å²) in [4.78, 5) is 47.0. The van der Waals surface area contributed by atoms with Gasteiger partial charge in [0.05, 0.1) is 27.7 Å². The molecule has 0 spiro atoms. The van der Waals surface area contributed by atoms with E-state index in [9.17, 15) is 40.7 Å². The van der Waals surface area contributed by atoms with E-state index in [1.165, 1.54) is 45.5 Å². The van der Waals surface area contributed by atoms with E-state index in [1.807, 2.05) is 0 Å². The SMILES string of the molecule is CC1CN(C(=O)CCCCCSc2nc3ccccc3c(=O)n2-c2cccc(C(F)(F)F)c2)CCN1C(=O)c1cccc(C(F)(F)F)c1. The number of hydrogen-bond donors (Lipinski definition) is 0. The van der Waals surface area contributed by atoms with Crippen LogP contribution in [0.15, 0.2) is 82.7 Å². The van der Waals surface area contributed by atoms with Crippen LogP contribution in [0.25, 0.3) is 16.6 Å². The Kier molecular flexibility index (Phi) is 10.5. The standard InChI is InChI=1S/C34H32F6N4O3S/c1-22-21-42(16-17-43(22)30(46)23-9-7-10-24(19-23)33(35,36)37)29(45)15-3-2-6-18-48-32-41-28-14-5-4-13-27(28)31(47)44(32)26-12-8-11-25(20-26)34(38,39)40/h4-5,7-14,19-20,22H,2-3,6,15-18,21H2,1H3. The van der Waals surface area contributed by atoms with Crippen molar-refractivity contribution in [3.8, 4) is 5.69 Å². The van der Waals surface area contributed by atoms with E-state index in [-0.39, 0.29) is 59.8 Å². The summed E-state index contributed by atoms with van der Waals surface area (Å²) < 4.78 is 80.8. The highest BCUT2D eigenvalue weighted by atomic mass is 32.2. The maximum atomic E-state index is 13.4. The van der Waals surface area contributed by atoms with Crippen LogP contribution >= 0.6 is 11.8 Å². The monoisotopic (exact) mass is 690 g/mol. The van der Waals surface area contributed by atoms with Gasteiger partial charge in [-0.1, -0.05) is 42.4 Å². The maximum Gasteiger partial charge on any atom is 0.416 e. The number of aromatic nitrogens is 2. The molecule has 0 radical (unpaired) electrons. The molecular formula is C34H32F6N4O3S. The second-order valence-corrected chi connectivity index (χ2v) is 12.6. The van der Waals surface area contributed by atoms with E-state index < -0.39 is 34.9 Å². The lowest BCUT2D eigenvalue weighted by molar-refractivity contribution is -0.138. The van der Waals surface area contributed by atoms with Gasteiger partial charge in [0.2, 0.25) is 5.91 Å². The molecule has 0 aliphatic carbocycles. The fourth-order valence-corrected chi connectivity index (χ4v) is 6.63. The molecule has 2 amide bonds. The van der Waals surface area contributed by atoms with Gasteiger partial charge in [0.15, 0.2) is 5.16 Å². The Labute approximate surface area is 276 Å². The fourth-order valence-electron chi connectivity index (χ4n) is 5.62. The zero-order valence-electron chi connectivity index (χ0n) is 25.9. The van der Waals surface area contributed by atoms with Crippen molar-refractivity contribution in [2.24, 2.45) is 0 Å². The van der Waals surface area contributed by atoms with Gasteiger partial charge < -0.3 is 9.80 Å². The van der Waals surface area contributed by atoms with Crippen LogP contribution in [0.2, 0.25) is 0 Å². The minimum atomic E-state index is -4.58. The van der Waals surface area contributed by atoms with Gasteiger partial charge in [-0.05, 0) is 68.3 Å². The molecule has 1 atom stereocenters. The highest BCUT2D eigenvalue weighted by molar-refractivity contribution is 7.99. The zero-order valence-corrected chi connectivity index (χ0v) is 26.7.